The molecule has 0 spiro atoms. The van der Waals surface area contributed by atoms with Crippen molar-refractivity contribution in [1.82, 2.24) is 0 Å². The van der Waals surface area contributed by atoms with Crippen LogP contribution >= 0.6 is 0 Å². The van der Waals surface area contributed by atoms with E-state index < -0.39 is 16.1 Å². The Morgan fingerprint density at radius 3 is 1.83 bits per heavy atom. The lowest BCUT2D eigenvalue weighted by atomic mass is 9.79. The molecule has 0 saturated heterocycles. The minimum absolute atomic E-state index is 0.0759. The van der Waals surface area contributed by atoms with Crippen molar-refractivity contribution in [3.05, 3.63) is 132 Å². The number of hydrogen-bond donors (Lipinski definition) is 0. The predicted molar refractivity (Wildman–Crippen MR) is 213 cm³/mol. The van der Waals surface area contributed by atoms with Gasteiger partial charge in [0.25, 0.3) is 0 Å². The van der Waals surface area contributed by atoms with Crippen molar-refractivity contribution in [3.8, 4) is 0 Å². The highest BCUT2D eigenvalue weighted by molar-refractivity contribution is 6.77. The maximum atomic E-state index is 2.62. The molecule has 0 bridgehead atoms. The Morgan fingerprint density at radius 2 is 1.19 bits per heavy atom. The van der Waals surface area contributed by atoms with E-state index in [9.17, 15) is 0 Å². The maximum absolute atomic E-state index is 2.62. The Morgan fingerprint density at radius 1 is 0.617 bits per heavy atom. The summed E-state index contributed by atoms with van der Waals surface area (Å²) in [5, 5.41) is 5.39. The first-order valence-electron chi connectivity index (χ1n) is 17.3. The summed E-state index contributed by atoms with van der Waals surface area (Å²) in [6.07, 6.45) is 18.0. The molecule has 6 rings (SSSR count). The summed E-state index contributed by atoms with van der Waals surface area (Å²) in [5.41, 5.74) is 8.30. The lowest BCUT2D eigenvalue weighted by Gasteiger charge is -2.31. The van der Waals surface area contributed by atoms with Crippen molar-refractivity contribution in [2.24, 2.45) is 0 Å². The SMILES string of the molecule is CC1(C)C(/C=C/C=C/C=C/C=C2\N(C[Si](C)(C)C)c3ccc4ccccc4c3C2(C)C)=[N+](C[Si](C)(C)C)c2ccc3ccccc3c21. The molecule has 2 nitrogen and oxygen atoms in total. The summed E-state index contributed by atoms with van der Waals surface area (Å²) >= 11 is 0. The first kappa shape index (κ1) is 33.2. The van der Waals surface area contributed by atoms with Crippen LogP contribution in [0.25, 0.3) is 21.5 Å². The minimum atomic E-state index is -1.38. The number of anilines is 1. The van der Waals surface area contributed by atoms with E-state index in [1.807, 2.05) is 0 Å². The monoisotopic (exact) mass is 653 g/mol. The minimum Gasteiger partial charge on any atom is -0.347 e. The van der Waals surface area contributed by atoms with E-state index in [0.717, 1.165) is 12.3 Å². The van der Waals surface area contributed by atoms with Gasteiger partial charge in [-0.25, -0.2) is 0 Å². The normalized spacial score (nSPS) is 18.6. The van der Waals surface area contributed by atoms with Crippen LogP contribution in [-0.4, -0.2) is 38.8 Å². The largest absolute Gasteiger partial charge is 0.347 e. The average molecular weight is 654 g/mol. The van der Waals surface area contributed by atoms with E-state index in [0.29, 0.717) is 0 Å². The van der Waals surface area contributed by atoms with Gasteiger partial charge in [0.2, 0.25) is 5.69 Å². The molecular weight excluding hydrogens is 601 g/mol. The molecule has 4 aromatic rings. The number of benzene rings is 4. The lowest BCUT2D eigenvalue weighted by molar-refractivity contribution is -0.418. The predicted octanol–water partition coefficient (Wildman–Crippen LogP) is 11.5. The topological polar surface area (TPSA) is 6.25 Å². The first-order chi connectivity index (χ1) is 22.1. The maximum Gasteiger partial charge on any atom is 0.210 e. The van der Waals surface area contributed by atoms with Crippen molar-refractivity contribution >= 4 is 54.8 Å². The van der Waals surface area contributed by atoms with Crippen LogP contribution in [0.4, 0.5) is 11.4 Å². The Bertz CT molecular complexity index is 2010. The molecule has 0 aliphatic carbocycles. The van der Waals surface area contributed by atoms with Gasteiger partial charge in [0.15, 0.2) is 5.71 Å². The molecule has 0 radical (unpaired) electrons. The van der Waals surface area contributed by atoms with E-state index in [1.54, 1.807) is 0 Å². The fourth-order valence-electron chi connectivity index (χ4n) is 7.85. The zero-order chi connectivity index (χ0) is 33.8. The van der Waals surface area contributed by atoms with Crippen molar-refractivity contribution in [2.75, 3.05) is 17.2 Å². The molecule has 2 aliphatic heterocycles. The molecule has 0 aromatic heterocycles. The van der Waals surface area contributed by atoms with Crippen molar-refractivity contribution < 1.29 is 4.58 Å². The Hall–Kier alpha value is -3.74. The van der Waals surface area contributed by atoms with Gasteiger partial charge in [0, 0.05) is 40.7 Å². The fourth-order valence-corrected chi connectivity index (χ4v) is 10.4. The van der Waals surface area contributed by atoms with Crippen molar-refractivity contribution in [3.63, 3.8) is 0 Å². The van der Waals surface area contributed by atoms with E-state index in [-0.39, 0.29) is 10.8 Å². The van der Waals surface area contributed by atoms with Gasteiger partial charge in [-0.3, -0.25) is 0 Å². The molecule has 2 aliphatic rings. The highest BCUT2D eigenvalue weighted by atomic mass is 28.3. The van der Waals surface area contributed by atoms with E-state index >= 15 is 0 Å². The Labute approximate surface area is 285 Å². The molecule has 0 fully saturated rings. The third-order valence-electron chi connectivity index (χ3n) is 9.73. The van der Waals surface area contributed by atoms with Gasteiger partial charge < -0.3 is 4.90 Å². The van der Waals surface area contributed by atoms with Crippen molar-refractivity contribution in [2.45, 2.75) is 77.8 Å². The average Bonchev–Trinajstić information content (AvgIpc) is 3.33. The highest BCUT2D eigenvalue weighted by Crippen LogP contribution is 2.51. The standard InChI is InChI=1S/C43H53N2Si2/c1-42(2)38(44(30-46(5,6)7)36-28-26-32-20-16-18-22-34(32)40(36)42)24-14-12-11-13-15-25-39-43(3,4)41-35-23-19-17-21-33(35)27-29-37(41)45(39)31-47(8,9)10/h11-29H,30-31H2,1-10H3/q+1. The molecule has 242 valence electrons. The summed E-state index contributed by atoms with van der Waals surface area (Å²) in [5.74, 6) is 0. The second-order valence-electron chi connectivity index (χ2n) is 17.0. The Balaban J connectivity index is 1.30. The van der Waals surface area contributed by atoms with Gasteiger partial charge in [-0.2, -0.15) is 4.58 Å². The second-order valence-corrected chi connectivity index (χ2v) is 27.8. The van der Waals surface area contributed by atoms with Crippen LogP contribution < -0.4 is 4.90 Å². The molecule has 0 amide bonds. The molecule has 0 N–H and O–H groups in total. The molecule has 2 heterocycles. The van der Waals surface area contributed by atoms with E-state index in [2.05, 4.69) is 192 Å². The van der Waals surface area contributed by atoms with E-state index in [1.165, 1.54) is 55.5 Å². The summed E-state index contributed by atoms with van der Waals surface area (Å²) in [4.78, 5) is 2.62. The third-order valence-corrected chi connectivity index (χ3v) is 12.3. The fraction of sp³-hybridized carbons (Fsp3) is 0.326. The molecule has 4 heteroatoms. The van der Waals surface area contributed by atoms with Crippen LogP contribution in [0.1, 0.15) is 38.8 Å². The number of fused-ring (bicyclic) bond motifs is 6. The van der Waals surface area contributed by atoms with Crippen LogP contribution in [0.15, 0.2) is 121 Å². The van der Waals surface area contributed by atoms with Crippen LogP contribution in [0.2, 0.25) is 39.3 Å². The molecule has 47 heavy (non-hydrogen) atoms. The number of nitrogens with zero attached hydrogens (tertiary/aromatic N) is 2. The van der Waals surface area contributed by atoms with Gasteiger partial charge >= 0.3 is 0 Å². The van der Waals surface area contributed by atoms with Gasteiger partial charge in [-0.1, -0.05) is 138 Å². The molecule has 0 atom stereocenters. The van der Waals surface area contributed by atoms with Gasteiger partial charge in [0.05, 0.1) is 13.5 Å². The summed E-state index contributed by atoms with van der Waals surface area (Å²) in [6, 6.07) is 27.0. The molecule has 4 aromatic carbocycles. The quantitative estimate of drug-likeness (QED) is 0.104. The first-order valence-corrected chi connectivity index (χ1v) is 24.7. The van der Waals surface area contributed by atoms with Gasteiger partial charge in [0.1, 0.15) is 14.2 Å². The number of rotatable bonds is 8. The zero-order valence-electron chi connectivity index (χ0n) is 30.3. The molecule has 0 saturated carbocycles. The second kappa shape index (κ2) is 12.1. The van der Waals surface area contributed by atoms with Gasteiger partial charge in [-0.05, 0) is 59.2 Å². The number of hydrogen-bond acceptors (Lipinski definition) is 1. The van der Waals surface area contributed by atoms with Crippen LogP contribution in [0, 0.1) is 0 Å². The number of allylic oxidation sites excluding steroid dienone is 8. The van der Waals surface area contributed by atoms with Crippen LogP contribution in [0.5, 0.6) is 0 Å². The summed E-state index contributed by atoms with van der Waals surface area (Å²) in [7, 11) is -2.76. The Kier molecular flexibility index (Phi) is 8.51. The lowest BCUT2D eigenvalue weighted by Crippen LogP contribution is -2.40. The third kappa shape index (κ3) is 6.30. The highest BCUT2D eigenvalue weighted by Gasteiger charge is 2.46. The smallest absolute Gasteiger partial charge is 0.210 e. The van der Waals surface area contributed by atoms with Crippen LogP contribution in [0.3, 0.4) is 0 Å². The summed E-state index contributed by atoms with van der Waals surface area (Å²) < 4.78 is 2.62. The summed E-state index contributed by atoms with van der Waals surface area (Å²) in [6.45, 7) is 24.4. The molecular formula is C43H53N2Si2+. The zero-order valence-corrected chi connectivity index (χ0v) is 32.3. The van der Waals surface area contributed by atoms with E-state index in [4.69, 9.17) is 0 Å². The van der Waals surface area contributed by atoms with Crippen LogP contribution in [-0.2, 0) is 10.8 Å². The van der Waals surface area contributed by atoms with Crippen molar-refractivity contribution in [1.29, 1.82) is 0 Å². The molecule has 0 unspecified atom stereocenters. The van der Waals surface area contributed by atoms with Gasteiger partial charge in [-0.15, -0.1) is 0 Å².